The van der Waals surface area contributed by atoms with Crippen molar-refractivity contribution in [1.82, 2.24) is 9.21 Å². The van der Waals surface area contributed by atoms with Gasteiger partial charge < -0.3 is 5.11 Å². The van der Waals surface area contributed by atoms with Crippen LogP contribution in [0.4, 0.5) is 4.39 Å². The second-order valence-electron chi connectivity index (χ2n) is 9.63. The van der Waals surface area contributed by atoms with E-state index in [9.17, 15) is 17.9 Å². The number of nitrogens with zero attached hydrogens (tertiary/aromatic N) is 2. The van der Waals surface area contributed by atoms with Crippen LogP contribution in [0.25, 0.3) is 0 Å². The highest BCUT2D eigenvalue weighted by Gasteiger charge is 2.50. The van der Waals surface area contributed by atoms with Crippen LogP contribution in [0.5, 0.6) is 0 Å². The summed E-state index contributed by atoms with van der Waals surface area (Å²) in [6, 6.07) is 13.1. The Morgan fingerprint density at radius 3 is 2.38 bits per heavy atom. The number of hydrogen-bond donors (Lipinski definition) is 1. The molecule has 2 fully saturated rings. The third kappa shape index (κ3) is 5.21. The molecule has 3 atom stereocenters. The Morgan fingerprint density at radius 1 is 1.06 bits per heavy atom. The van der Waals surface area contributed by atoms with Crippen molar-refractivity contribution >= 4 is 10.0 Å². The Labute approximate surface area is 202 Å². The summed E-state index contributed by atoms with van der Waals surface area (Å²) in [5.74, 6) is 6.52. The topological polar surface area (TPSA) is 60.9 Å². The molecule has 182 valence electrons. The number of rotatable bonds is 5. The van der Waals surface area contributed by atoms with Gasteiger partial charge in [0.05, 0.1) is 11.5 Å². The SMILES string of the molecule is CC(C)CC#Cc1ccc([C@@H]2[C@@H](CO)N3CCCCN(S(=O)(=O)c4ccc(F)cc4)C[C@@H]23)cc1. The molecule has 1 N–H and O–H groups in total. The monoisotopic (exact) mass is 484 g/mol. The fourth-order valence-electron chi connectivity index (χ4n) is 5.03. The highest BCUT2D eigenvalue weighted by molar-refractivity contribution is 7.89. The Bertz CT molecular complexity index is 1140. The highest BCUT2D eigenvalue weighted by Crippen LogP contribution is 2.42. The quantitative estimate of drug-likeness (QED) is 0.656. The zero-order valence-corrected chi connectivity index (χ0v) is 20.6. The lowest BCUT2D eigenvalue weighted by Gasteiger charge is -2.57. The molecule has 2 aliphatic rings. The molecule has 0 unspecified atom stereocenters. The average molecular weight is 485 g/mol. The highest BCUT2D eigenvalue weighted by atomic mass is 32.2. The van der Waals surface area contributed by atoms with Crippen LogP contribution in [0.3, 0.4) is 0 Å². The first-order chi connectivity index (χ1) is 16.3. The molecule has 7 heteroatoms. The fourth-order valence-corrected chi connectivity index (χ4v) is 6.53. The van der Waals surface area contributed by atoms with Gasteiger partial charge in [-0.05, 0) is 67.3 Å². The predicted octanol–water partition coefficient (Wildman–Crippen LogP) is 3.84. The summed E-state index contributed by atoms with van der Waals surface area (Å²) >= 11 is 0. The van der Waals surface area contributed by atoms with Crippen molar-refractivity contribution in [2.75, 3.05) is 26.2 Å². The summed E-state index contributed by atoms with van der Waals surface area (Å²) in [7, 11) is -3.74. The molecule has 34 heavy (non-hydrogen) atoms. The molecular formula is C27H33FN2O3S. The lowest BCUT2D eigenvalue weighted by Crippen LogP contribution is -2.67. The molecule has 2 aromatic carbocycles. The molecule has 0 aliphatic carbocycles. The van der Waals surface area contributed by atoms with E-state index in [1.807, 2.05) is 12.1 Å². The van der Waals surface area contributed by atoms with Crippen LogP contribution >= 0.6 is 0 Å². The molecule has 0 bridgehead atoms. The minimum absolute atomic E-state index is 0.0226. The van der Waals surface area contributed by atoms with Crippen molar-refractivity contribution in [3.05, 3.63) is 65.5 Å². The van der Waals surface area contributed by atoms with Crippen molar-refractivity contribution < 1.29 is 17.9 Å². The average Bonchev–Trinajstić information content (AvgIpc) is 2.79. The van der Waals surface area contributed by atoms with Gasteiger partial charge >= 0.3 is 0 Å². The second-order valence-corrected chi connectivity index (χ2v) is 11.6. The molecule has 0 spiro atoms. The molecular weight excluding hydrogens is 451 g/mol. The standard InChI is InChI=1S/C27H33FN2O3S/c1-20(2)6-5-7-21-8-10-22(11-9-21)27-25-18-29(16-3-4-17-30(25)26(27)19-31)34(32,33)24-14-12-23(28)13-15-24/h8-15,20,25-27,31H,3-4,6,16-19H2,1-2H3/t25-,26+,27-/m0/s1. The smallest absolute Gasteiger partial charge is 0.243 e. The molecule has 0 aromatic heterocycles. The van der Waals surface area contributed by atoms with Gasteiger partial charge in [0.1, 0.15) is 5.82 Å². The van der Waals surface area contributed by atoms with Crippen molar-refractivity contribution in [3.8, 4) is 11.8 Å². The summed E-state index contributed by atoms with van der Waals surface area (Å²) in [5.41, 5.74) is 2.05. The lowest BCUT2D eigenvalue weighted by molar-refractivity contribution is -0.0553. The Hall–Kier alpha value is -2.24. The van der Waals surface area contributed by atoms with E-state index < -0.39 is 15.8 Å². The van der Waals surface area contributed by atoms with Gasteiger partial charge in [-0.1, -0.05) is 37.8 Å². The number of aliphatic hydroxyl groups is 1. The van der Waals surface area contributed by atoms with E-state index in [0.717, 1.165) is 36.9 Å². The van der Waals surface area contributed by atoms with Gasteiger partial charge in [0, 0.05) is 43.1 Å². The van der Waals surface area contributed by atoms with E-state index in [1.54, 1.807) is 0 Å². The number of halogens is 1. The largest absolute Gasteiger partial charge is 0.395 e. The van der Waals surface area contributed by atoms with Gasteiger partial charge in [0.2, 0.25) is 10.0 Å². The summed E-state index contributed by atoms with van der Waals surface area (Å²) in [4.78, 5) is 2.35. The normalized spacial score (nSPS) is 23.9. The molecule has 0 amide bonds. The molecule has 2 heterocycles. The van der Waals surface area contributed by atoms with Crippen molar-refractivity contribution in [3.63, 3.8) is 0 Å². The van der Waals surface area contributed by atoms with E-state index in [2.05, 4.69) is 42.7 Å². The lowest BCUT2D eigenvalue weighted by atomic mass is 9.74. The number of fused-ring (bicyclic) bond motifs is 1. The number of benzene rings is 2. The van der Waals surface area contributed by atoms with Crippen LogP contribution < -0.4 is 0 Å². The maximum atomic E-state index is 13.4. The molecule has 4 rings (SSSR count). The van der Waals surface area contributed by atoms with Crippen LogP contribution in [0, 0.1) is 23.6 Å². The molecule has 2 saturated heterocycles. The van der Waals surface area contributed by atoms with Crippen LogP contribution in [-0.2, 0) is 10.0 Å². The van der Waals surface area contributed by atoms with E-state index in [4.69, 9.17) is 0 Å². The van der Waals surface area contributed by atoms with E-state index in [0.29, 0.717) is 19.0 Å². The van der Waals surface area contributed by atoms with Gasteiger partial charge in [0.25, 0.3) is 0 Å². The first kappa shape index (κ1) is 24.9. The van der Waals surface area contributed by atoms with Crippen molar-refractivity contribution in [1.29, 1.82) is 0 Å². The van der Waals surface area contributed by atoms with Crippen LogP contribution in [0.1, 0.15) is 50.2 Å². The minimum Gasteiger partial charge on any atom is -0.395 e. The number of aliphatic hydroxyl groups excluding tert-OH is 1. The zero-order valence-electron chi connectivity index (χ0n) is 19.8. The van der Waals surface area contributed by atoms with Gasteiger partial charge in [0.15, 0.2) is 0 Å². The molecule has 2 aliphatic heterocycles. The van der Waals surface area contributed by atoms with Gasteiger partial charge in [-0.3, -0.25) is 4.90 Å². The van der Waals surface area contributed by atoms with Gasteiger partial charge in [-0.2, -0.15) is 4.31 Å². The Balaban J connectivity index is 1.57. The fraction of sp³-hybridized carbons (Fsp3) is 0.481. The maximum Gasteiger partial charge on any atom is 0.243 e. The molecule has 5 nitrogen and oxygen atoms in total. The number of sulfonamides is 1. The number of hydrogen-bond acceptors (Lipinski definition) is 4. The zero-order chi connectivity index (χ0) is 24.3. The first-order valence-corrected chi connectivity index (χ1v) is 13.5. The summed E-state index contributed by atoms with van der Waals surface area (Å²) in [5, 5.41) is 10.1. The third-order valence-corrected chi connectivity index (χ3v) is 8.70. The third-order valence-electron chi connectivity index (χ3n) is 6.82. The van der Waals surface area contributed by atoms with E-state index >= 15 is 0 Å². The molecule has 2 aromatic rings. The minimum atomic E-state index is -3.74. The molecule has 0 saturated carbocycles. The first-order valence-electron chi connectivity index (χ1n) is 12.0. The summed E-state index contributed by atoms with van der Waals surface area (Å²) < 4.78 is 41.6. The second kappa shape index (κ2) is 10.6. The van der Waals surface area contributed by atoms with Gasteiger partial charge in [-0.25, -0.2) is 12.8 Å². The van der Waals surface area contributed by atoms with Crippen molar-refractivity contribution in [2.45, 2.75) is 56.0 Å². The summed E-state index contributed by atoms with van der Waals surface area (Å²) in [6.45, 7) is 5.94. The van der Waals surface area contributed by atoms with Gasteiger partial charge in [-0.15, -0.1) is 0 Å². The summed E-state index contributed by atoms with van der Waals surface area (Å²) in [6.07, 6.45) is 2.46. The van der Waals surface area contributed by atoms with E-state index in [-0.39, 0.29) is 29.5 Å². The van der Waals surface area contributed by atoms with Crippen molar-refractivity contribution in [2.24, 2.45) is 5.92 Å². The Morgan fingerprint density at radius 2 is 1.74 bits per heavy atom. The van der Waals surface area contributed by atoms with Crippen LogP contribution in [0.15, 0.2) is 53.4 Å². The van der Waals surface area contributed by atoms with Crippen LogP contribution in [0.2, 0.25) is 0 Å². The van der Waals surface area contributed by atoms with E-state index in [1.165, 1.54) is 28.6 Å². The molecule has 0 radical (unpaired) electrons. The Kier molecular flexibility index (Phi) is 7.73. The van der Waals surface area contributed by atoms with Crippen LogP contribution in [-0.4, -0.2) is 61.1 Å². The maximum absolute atomic E-state index is 13.4. The predicted molar refractivity (Wildman–Crippen MR) is 131 cm³/mol.